The molecule has 2 aliphatic rings. The fourth-order valence-electron chi connectivity index (χ4n) is 4.24. The molecule has 3 rings (SSSR count). The van der Waals surface area contributed by atoms with Crippen molar-refractivity contribution in [1.82, 2.24) is 0 Å². The highest BCUT2D eigenvalue weighted by Crippen LogP contribution is 2.30. The first kappa shape index (κ1) is 27.6. The third-order valence-electron chi connectivity index (χ3n) is 5.60. The molecule has 0 amide bonds. The van der Waals surface area contributed by atoms with Gasteiger partial charge in [-0.05, 0) is 31.2 Å². The fourth-order valence-corrected chi connectivity index (χ4v) is 4.24. The van der Waals surface area contributed by atoms with Gasteiger partial charge in [0.25, 0.3) is 0 Å². The van der Waals surface area contributed by atoms with E-state index in [1.807, 2.05) is 6.92 Å². The number of rotatable bonds is 9. The molecule has 0 radical (unpaired) electrons. The number of ether oxygens (including phenoxy) is 7. The maximum absolute atomic E-state index is 11.8. The molecule has 0 bridgehead atoms. The first-order chi connectivity index (χ1) is 17.1. The van der Waals surface area contributed by atoms with E-state index in [-0.39, 0.29) is 31.2 Å². The third kappa shape index (κ3) is 8.28. The summed E-state index contributed by atoms with van der Waals surface area (Å²) in [7, 11) is 0. The summed E-state index contributed by atoms with van der Waals surface area (Å²) in [6.07, 6.45) is -3.10. The second-order valence-corrected chi connectivity index (χ2v) is 8.78. The van der Waals surface area contributed by atoms with Gasteiger partial charge >= 0.3 is 17.9 Å². The van der Waals surface area contributed by atoms with Crippen LogP contribution in [0.2, 0.25) is 0 Å². The van der Waals surface area contributed by atoms with Crippen LogP contribution in [0.1, 0.15) is 57.3 Å². The zero-order chi connectivity index (χ0) is 26.2. The molecule has 36 heavy (non-hydrogen) atoms. The lowest BCUT2D eigenvalue weighted by atomic mass is 10.0. The summed E-state index contributed by atoms with van der Waals surface area (Å²) in [5, 5.41) is 0. The van der Waals surface area contributed by atoms with Gasteiger partial charge in [0.15, 0.2) is 12.4 Å². The average Bonchev–Trinajstić information content (AvgIpc) is 2.78. The fraction of sp³-hybridized carbons (Fsp3) is 0.600. The average molecular weight is 509 g/mol. The van der Waals surface area contributed by atoms with Gasteiger partial charge in [0.05, 0.1) is 19.1 Å². The molecule has 11 nitrogen and oxygen atoms in total. The number of hydrogen-bond donors (Lipinski definition) is 0. The maximum Gasteiger partial charge on any atom is 0.303 e. The van der Waals surface area contributed by atoms with Gasteiger partial charge in [-0.1, -0.05) is 0 Å². The lowest BCUT2D eigenvalue weighted by Crippen LogP contribution is -2.55. The van der Waals surface area contributed by atoms with Crippen molar-refractivity contribution >= 4 is 24.2 Å². The van der Waals surface area contributed by atoms with E-state index in [1.165, 1.54) is 20.8 Å². The second-order valence-electron chi connectivity index (χ2n) is 8.78. The molecule has 0 aromatic heterocycles. The van der Waals surface area contributed by atoms with E-state index in [0.29, 0.717) is 24.2 Å². The molecule has 2 heterocycles. The van der Waals surface area contributed by atoms with Crippen molar-refractivity contribution in [3.8, 4) is 5.75 Å². The van der Waals surface area contributed by atoms with Gasteiger partial charge in [0, 0.05) is 39.2 Å². The minimum atomic E-state index is -0.950. The van der Waals surface area contributed by atoms with Crippen LogP contribution in [0.25, 0.3) is 0 Å². The Kier molecular flexibility index (Phi) is 9.80. The lowest BCUT2D eigenvalue weighted by Gasteiger charge is -2.41. The summed E-state index contributed by atoms with van der Waals surface area (Å²) in [6.45, 7) is 5.62. The number of esters is 3. The van der Waals surface area contributed by atoms with Crippen LogP contribution in [0.5, 0.6) is 5.75 Å². The van der Waals surface area contributed by atoms with Crippen LogP contribution >= 0.6 is 0 Å². The number of hydrogen-bond acceptors (Lipinski definition) is 11. The van der Waals surface area contributed by atoms with Crippen LogP contribution in [0, 0.1) is 0 Å². The van der Waals surface area contributed by atoms with Gasteiger partial charge in [-0.25, -0.2) is 0 Å². The quantitative estimate of drug-likeness (QED) is 0.276. The molecule has 1 aromatic carbocycles. The normalized spacial score (nSPS) is 30.1. The van der Waals surface area contributed by atoms with Crippen molar-refractivity contribution in [2.75, 3.05) is 6.61 Å². The van der Waals surface area contributed by atoms with Crippen LogP contribution in [0.15, 0.2) is 24.3 Å². The predicted molar refractivity (Wildman–Crippen MR) is 122 cm³/mol. The molecule has 198 valence electrons. The van der Waals surface area contributed by atoms with Gasteiger partial charge in [-0.3, -0.25) is 19.2 Å². The summed E-state index contributed by atoms with van der Waals surface area (Å²) in [4.78, 5) is 45.9. The Morgan fingerprint density at radius 2 is 1.56 bits per heavy atom. The summed E-state index contributed by atoms with van der Waals surface area (Å²) in [5.74, 6) is -1.08. The van der Waals surface area contributed by atoms with E-state index in [2.05, 4.69) is 0 Å². The summed E-state index contributed by atoms with van der Waals surface area (Å²) >= 11 is 0. The monoisotopic (exact) mass is 508 g/mol. The van der Waals surface area contributed by atoms with Gasteiger partial charge in [0.2, 0.25) is 6.29 Å². The van der Waals surface area contributed by atoms with Gasteiger partial charge in [-0.2, -0.15) is 0 Å². The molecule has 2 aliphatic heterocycles. The van der Waals surface area contributed by atoms with Crippen molar-refractivity contribution in [2.24, 2.45) is 0 Å². The van der Waals surface area contributed by atoms with Crippen molar-refractivity contribution in [3.63, 3.8) is 0 Å². The van der Waals surface area contributed by atoms with Gasteiger partial charge in [0.1, 0.15) is 30.3 Å². The number of carbonyl (C=O) groups excluding carboxylic acids is 4. The standard InChI is InChI=1S/C25H32O11/c1-14-9-20(32-15(2)27)10-23(31-14)30-13-22-25(34-17(4)29)21(33-16(3)28)11-24(36-22)35-19-7-5-18(12-26)6-8-19/h5-8,12,14,20-25H,9-11,13H2,1-4H3. The zero-order valence-corrected chi connectivity index (χ0v) is 20.7. The van der Waals surface area contributed by atoms with Crippen LogP contribution in [0.4, 0.5) is 0 Å². The SMILES string of the molecule is CC(=O)OC1CC(C)OC(OCC2OC(Oc3ccc(C=O)cc3)CC(OC(C)=O)C2OC(C)=O)C1. The smallest absolute Gasteiger partial charge is 0.303 e. The van der Waals surface area contributed by atoms with Crippen LogP contribution in [-0.4, -0.2) is 73.9 Å². The van der Waals surface area contributed by atoms with Crippen molar-refractivity contribution in [3.05, 3.63) is 29.8 Å². The molecule has 11 heteroatoms. The third-order valence-corrected chi connectivity index (χ3v) is 5.60. The van der Waals surface area contributed by atoms with Gasteiger partial charge < -0.3 is 33.2 Å². The minimum absolute atomic E-state index is 0.0795. The highest BCUT2D eigenvalue weighted by molar-refractivity contribution is 5.74. The topological polar surface area (TPSA) is 133 Å². The van der Waals surface area contributed by atoms with E-state index in [4.69, 9.17) is 33.2 Å². The van der Waals surface area contributed by atoms with E-state index in [1.54, 1.807) is 24.3 Å². The first-order valence-corrected chi connectivity index (χ1v) is 11.8. The Bertz CT molecular complexity index is 915. The summed E-state index contributed by atoms with van der Waals surface area (Å²) < 4.78 is 39.9. The van der Waals surface area contributed by atoms with Crippen molar-refractivity contribution in [1.29, 1.82) is 0 Å². The van der Waals surface area contributed by atoms with E-state index < -0.39 is 42.8 Å². The second kappa shape index (κ2) is 12.8. The zero-order valence-electron chi connectivity index (χ0n) is 20.7. The van der Waals surface area contributed by atoms with Crippen molar-refractivity contribution in [2.45, 2.75) is 90.1 Å². The summed E-state index contributed by atoms with van der Waals surface area (Å²) in [5.41, 5.74) is 0.486. The molecule has 1 aromatic rings. The highest BCUT2D eigenvalue weighted by atomic mass is 16.7. The minimum Gasteiger partial charge on any atom is -0.465 e. The Morgan fingerprint density at radius 3 is 2.17 bits per heavy atom. The Morgan fingerprint density at radius 1 is 0.889 bits per heavy atom. The van der Waals surface area contributed by atoms with Crippen molar-refractivity contribution < 1.29 is 52.3 Å². The molecule has 2 saturated heterocycles. The molecule has 0 aliphatic carbocycles. The Hall–Kier alpha value is -3.02. The molecule has 7 unspecified atom stereocenters. The maximum atomic E-state index is 11.8. The van der Waals surface area contributed by atoms with E-state index >= 15 is 0 Å². The molecule has 7 atom stereocenters. The van der Waals surface area contributed by atoms with E-state index in [0.717, 1.165) is 6.29 Å². The van der Waals surface area contributed by atoms with Gasteiger partial charge in [-0.15, -0.1) is 0 Å². The number of aldehydes is 1. The Labute approximate surface area is 209 Å². The van der Waals surface area contributed by atoms with E-state index in [9.17, 15) is 19.2 Å². The highest BCUT2D eigenvalue weighted by Gasteiger charge is 2.45. The number of carbonyl (C=O) groups is 4. The molecular weight excluding hydrogens is 476 g/mol. The van der Waals surface area contributed by atoms with Crippen LogP contribution < -0.4 is 4.74 Å². The molecule has 0 spiro atoms. The lowest BCUT2D eigenvalue weighted by molar-refractivity contribution is -0.270. The van der Waals surface area contributed by atoms with Crippen LogP contribution in [-0.2, 0) is 42.8 Å². The summed E-state index contributed by atoms with van der Waals surface area (Å²) in [6, 6.07) is 6.42. The van der Waals surface area contributed by atoms with Crippen LogP contribution in [0.3, 0.4) is 0 Å². The molecular formula is C25H32O11. The molecule has 2 fully saturated rings. The largest absolute Gasteiger partial charge is 0.465 e. The molecule has 0 N–H and O–H groups in total. The number of benzene rings is 1. The Balaban J connectivity index is 1.73. The predicted octanol–water partition coefficient (Wildman–Crippen LogP) is 2.33. The molecule has 0 saturated carbocycles. The first-order valence-electron chi connectivity index (χ1n) is 11.8.